The third-order valence-corrected chi connectivity index (χ3v) is 5.08. The van der Waals surface area contributed by atoms with Gasteiger partial charge in [-0.2, -0.15) is 0 Å². The largest absolute Gasteiger partial charge is 0.354 e. The van der Waals surface area contributed by atoms with E-state index in [1.54, 1.807) is 35.4 Å². The molecule has 0 fully saturated rings. The predicted molar refractivity (Wildman–Crippen MR) is 107 cm³/mol. The number of fused-ring (bicyclic) bond motifs is 1. The Kier molecular flexibility index (Phi) is 4.69. The number of H-pyrrole nitrogens is 1. The van der Waals surface area contributed by atoms with Crippen molar-refractivity contribution in [2.24, 2.45) is 0 Å². The SMILES string of the molecule is Cc1c(-c2ccccc2F)[nH]c2ccc(CNC(=O)C(C)n3ccnc3)cc12. The molecule has 0 aliphatic carbocycles. The van der Waals surface area contributed by atoms with E-state index in [0.717, 1.165) is 27.7 Å². The van der Waals surface area contributed by atoms with Crippen LogP contribution in [0.5, 0.6) is 0 Å². The first kappa shape index (κ1) is 18.0. The summed E-state index contributed by atoms with van der Waals surface area (Å²) in [5.41, 5.74) is 4.25. The Hall–Kier alpha value is -3.41. The molecule has 0 saturated heterocycles. The fourth-order valence-electron chi connectivity index (χ4n) is 3.39. The summed E-state index contributed by atoms with van der Waals surface area (Å²) in [7, 11) is 0. The molecule has 1 atom stereocenters. The van der Waals surface area contributed by atoms with E-state index in [1.807, 2.05) is 38.1 Å². The molecule has 0 bridgehead atoms. The lowest BCUT2D eigenvalue weighted by Gasteiger charge is -2.13. The molecule has 2 N–H and O–H groups in total. The number of imidazole rings is 1. The molecular formula is C22H21FN4O. The van der Waals surface area contributed by atoms with Crippen LogP contribution >= 0.6 is 0 Å². The first-order valence-corrected chi connectivity index (χ1v) is 9.16. The van der Waals surface area contributed by atoms with Gasteiger partial charge in [0.05, 0.1) is 12.0 Å². The minimum Gasteiger partial charge on any atom is -0.354 e. The van der Waals surface area contributed by atoms with E-state index >= 15 is 0 Å². The smallest absolute Gasteiger partial charge is 0.243 e. The maximum absolute atomic E-state index is 14.2. The molecule has 1 amide bonds. The molecule has 2 heterocycles. The Labute approximate surface area is 162 Å². The van der Waals surface area contributed by atoms with Crippen molar-refractivity contribution in [2.45, 2.75) is 26.4 Å². The third kappa shape index (κ3) is 3.29. The maximum atomic E-state index is 14.2. The second-order valence-electron chi connectivity index (χ2n) is 6.89. The number of aromatic amines is 1. The van der Waals surface area contributed by atoms with Gasteiger partial charge in [0.2, 0.25) is 5.91 Å². The number of hydrogen-bond donors (Lipinski definition) is 2. The minimum atomic E-state index is -0.326. The summed E-state index contributed by atoms with van der Waals surface area (Å²) in [6.45, 7) is 4.23. The normalized spacial score (nSPS) is 12.2. The van der Waals surface area contributed by atoms with E-state index in [-0.39, 0.29) is 17.8 Å². The molecule has 4 aromatic rings. The van der Waals surface area contributed by atoms with Crippen molar-refractivity contribution in [2.75, 3.05) is 0 Å². The van der Waals surface area contributed by atoms with Crippen LogP contribution in [0, 0.1) is 12.7 Å². The van der Waals surface area contributed by atoms with Crippen LogP contribution in [-0.4, -0.2) is 20.4 Å². The lowest BCUT2D eigenvalue weighted by molar-refractivity contribution is -0.124. The van der Waals surface area contributed by atoms with Gasteiger partial charge in [-0.15, -0.1) is 0 Å². The molecule has 142 valence electrons. The van der Waals surface area contributed by atoms with Crippen molar-refractivity contribution in [1.29, 1.82) is 0 Å². The summed E-state index contributed by atoms with van der Waals surface area (Å²) >= 11 is 0. The van der Waals surface area contributed by atoms with E-state index in [1.165, 1.54) is 6.07 Å². The van der Waals surface area contributed by atoms with Gasteiger partial charge < -0.3 is 14.9 Å². The molecule has 0 aliphatic heterocycles. The van der Waals surface area contributed by atoms with Crippen LogP contribution in [0.2, 0.25) is 0 Å². The number of nitrogens with one attached hydrogen (secondary N) is 2. The number of aromatic nitrogens is 3. The van der Waals surface area contributed by atoms with Crippen molar-refractivity contribution < 1.29 is 9.18 Å². The maximum Gasteiger partial charge on any atom is 0.243 e. The number of amides is 1. The second-order valence-corrected chi connectivity index (χ2v) is 6.89. The Morgan fingerprint density at radius 2 is 2.11 bits per heavy atom. The number of carbonyl (C=O) groups excluding carboxylic acids is 1. The van der Waals surface area contributed by atoms with Crippen LogP contribution in [0.1, 0.15) is 24.1 Å². The van der Waals surface area contributed by atoms with Crippen molar-refractivity contribution in [1.82, 2.24) is 19.9 Å². The topological polar surface area (TPSA) is 62.7 Å². The van der Waals surface area contributed by atoms with Gasteiger partial charge >= 0.3 is 0 Å². The zero-order chi connectivity index (χ0) is 19.7. The van der Waals surface area contributed by atoms with Crippen molar-refractivity contribution >= 4 is 16.8 Å². The van der Waals surface area contributed by atoms with E-state index in [4.69, 9.17) is 0 Å². The molecule has 5 nitrogen and oxygen atoms in total. The first-order chi connectivity index (χ1) is 13.5. The van der Waals surface area contributed by atoms with Crippen LogP contribution in [0.4, 0.5) is 4.39 Å². The highest BCUT2D eigenvalue weighted by atomic mass is 19.1. The summed E-state index contributed by atoms with van der Waals surface area (Å²) in [4.78, 5) is 19.7. The van der Waals surface area contributed by atoms with E-state index in [9.17, 15) is 9.18 Å². The molecule has 0 radical (unpaired) electrons. The highest BCUT2D eigenvalue weighted by Gasteiger charge is 2.15. The lowest BCUT2D eigenvalue weighted by atomic mass is 10.0. The van der Waals surface area contributed by atoms with Gasteiger partial charge in [-0.25, -0.2) is 9.37 Å². The number of hydrogen-bond acceptors (Lipinski definition) is 2. The molecule has 28 heavy (non-hydrogen) atoms. The van der Waals surface area contributed by atoms with Crippen LogP contribution in [-0.2, 0) is 11.3 Å². The Morgan fingerprint density at radius 1 is 1.29 bits per heavy atom. The zero-order valence-electron chi connectivity index (χ0n) is 15.7. The van der Waals surface area contributed by atoms with Gasteiger partial charge in [-0.1, -0.05) is 18.2 Å². The predicted octanol–water partition coefficient (Wildman–Crippen LogP) is 4.36. The minimum absolute atomic E-state index is 0.0732. The summed E-state index contributed by atoms with van der Waals surface area (Å²) in [6.07, 6.45) is 5.05. The van der Waals surface area contributed by atoms with Gasteiger partial charge in [-0.3, -0.25) is 4.79 Å². The Balaban J connectivity index is 1.56. The number of aryl methyl sites for hydroxylation is 1. The number of carbonyl (C=O) groups is 1. The van der Waals surface area contributed by atoms with Crippen LogP contribution in [0.3, 0.4) is 0 Å². The molecule has 0 spiro atoms. The third-order valence-electron chi connectivity index (χ3n) is 5.08. The average Bonchev–Trinajstić information content (AvgIpc) is 3.35. The van der Waals surface area contributed by atoms with E-state index < -0.39 is 0 Å². The van der Waals surface area contributed by atoms with Crippen molar-refractivity contribution in [3.63, 3.8) is 0 Å². The molecule has 6 heteroatoms. The Bertz CT molecular complexity index is 1130. The van der Waals surface area contributed by atoms with Crippen LogP contribution in [0.25, 0.3) is 22.2 Å². The summed E-state index contributed by atoms with van der Waals surface area (Å²) in [5, 5.41) is 3.98. The number of halogens is 1. The second kappa shape index (κ2) is 7.31. The summed E-state index contributed by atoms with van der Waals surface area (Å²) in [5.74, 6) is -0.325. The standard InChI is InChI=1S/C22H21FN4O/c1-14-18-11-16(12-25-22(28)15(2)27-10-9-24-13-27)7-8-20(18)26-21(14)17-5-3-4-6-19(17)23/h3-11,13,15,26H,12H2,1-2H3,(H,25,28). The molecule has 4 rings (SSSR count). The van der Waals surface area contributed by atoms with Crippen molar-refractivity contribution in [3.05, 3.63) is 78.1 Å². The van der Waals surface area contributed by atoms with Gasteiger partial charge in [-0.05, 0) is 49.2 Å². The van der Waals surface area contributed by atoms with E-state index in [0.29, 0.717) is 12.1 Å². The van der Waals surface area contributed by atoms with Gasteiger partial charge in [0.15, 0.2) is 0 Å². The quantitative estimate of drug-likeness (QED) is 0.544. The molecule has 2 aromatic carbocycles. The Morgan fingerprint density at radius 3 is 2.86 bits per heavy atom. The van der Waals surface area contributed by atoms with Gasteiger partial charge in [0.1, 0.15) is 11.9 Å². The number of rotatable bonds is 5. The van der Waals surface area contributed by atoms with Gasteiger partial charge in [0.25, 0.3) is 0 Å². The summed E-state index contributed by atoms with van der Waals surface area (Å²) in [6, 6.07) is 12.4. The van der Waals surface area contributed by atoms with Crippen molar-refractivity contribution in [3.8, 4) is 11.3 Å². The number of benzene rings is 2. The lowest BCUT2D eigenvalue weighted by Crippen LogP contribution is -2.30. The molecule has 0 aliphatic rings. The fraction of sp³-hybridized carbons (Fsp3) is 0.182. The summed E-state index contributed by atoms with van der Waals surface area (Å²) < 4.78 is 16.0. The highest BCUT2D eigenvalue weighted by molar-refractivity contribution is 5.91. The fourth-order valence-corrected chi connectivity index (χ4v) is 3.39. The molecule has 2 aromatic heterocycles. The van der Waals surface area contributed by atoms with Crippen LogP contribution in [0.15, 0.2) is 61.2 Å². The molecule has 0 saturated carbocycles. The molecular weight excluding hydrogens is 355 g/mol. The average molecular weight is 376 g/mol. The zero-order valence-corrected chi connectivity index (χ0v) is 15.7. The van der Waals surface area contributed by atoms with Gasteiger partial charge in [0, 0.05) is 35.4 Å². The van der Waals surface area contributed by atoms with Crippen LogP contribution < -0.4 is 5.32 Å². The number of nitrogens with zero attached hydrogens (tertiary/aromatic N) is 2. The first-order valence-electron chi connectivity index (χ1n) is 9.16. The van der Waals surface area contributed by atoms with E-state index in [2.05, 4.69) is 15.3 Å². The highest BCUT2D eigenvalue weighted by Crippen LogP contribution is 2.31. The molecule has 1 unspecified atom stereocenters. The monoisotopic (exact) mass is 376 g/mol.